The number of amides is 1. The SMILES string of the molecule is C=CCSc1ccccc1NC(=O)Cn1cnc2ccc(F)cc2c1=O. The van der Waals surface area contributed by atoms with Crippen molar-refractivity contribution in [2.75, 3.05) is 11.1 Å². The maximum absolute atomic E-state index is 13.4. The minimum atomic E-state index is -0.522. The van der Waals surface area contributed by atoms with Gasteiger partial charge in [0.1, 0.15) is 12.4 Å². The summed E-state index contributed by atoms with van der Waals surface area (Å²) < 4.78 is 14.5. The molecule has 2 aromatic carbocycles. The van der Waals surface area contributed by atoms with E-state index >= 15 is 0 Å². The van der Waals surface area contributed by atoms with Crippen LogP contribution in [0.5, 0.6) is 0 Å². The Labute approximate surface area is 153 Å². The molecule has 0 saturated carbocycles. The highest BCUT2D eigenvalue weighted by atomic mass is 32.2. The van der Waals surface area contributed by atoms with Gasteiger partial charge in [0.15, 0.2) is 0 Å². The van der Waals surface area contributed by atoms with E-state index in [4.69, 9.17) is 0 Å². The van der Waals surface area contributed by atoms with Crippen molar-refractivity contribution in [1.82, 2.24) is 9.55 Å². The lowest BCUT2D eigenvalue weighted by atomic mass is 10.2. The molecule has 0 fully saturated rings. The summed E-state index contributed by atoms with van der Waals surface area (Å²) >= 11 is 1.55. The minimum absolute atomic E-state index is 0.141. The van der Waals surface area contributed by atoms with Gasteiger partial charge in [0, 0.05) is 10.6 Å². The highest BCUT2D eigenvalue weighted by Crippen LogP contribution is 2.26. The van der Waals surface area contributed by atoms with E-state index in [0.717, 1.165) is 15.5 Å². The van der Waals surface area contributed by atoms with Gasteiger partial charge in [-0.05, 0) is 30.3 Å². The summed E-state index contributed by atoms with van der Waals surface area (Å²) in [4.78, 5) is 29.8. The zero-order valence-corrected chi connectivity index (χ0v) is 14.6. The largest absolute Gasteiger partial charge is 0.324 e. The number of thioether (sulfide) groups is 1. The molecule has 0 unspecified atom stereocenters. The lowest BCUT2D eigenvalue weighted by molar-refractivity contribution is -0.116. The Morgan fingerprint density at radius 2 is 2.12 bits per heavy atom. The van der Waals surface area contributed by atoms with E-state index in [9.17, 15) is 14.0 Å². The normalized spacial score (nSPS) is 10.7. The first-order valence-electron chi connectivity index (χ1n) is 7.86. The number of anilines is 1. The number of carbonyl (C=O) groups is 1. The molecule has 26 heavy (non-hydrogen) atoms. The van der Waals surface area contributed by atoms with Gasteiger partial charge in [-0.3, -0.25) is 14.2 Å². The van der Waals surface area contributed by atoms with E-state index in [1.165, 1.54) is 18.5 Å². The van der Waals surface area contributed by atoms with Crippen LogP contribution in [-0.2, 0) is 11.3 Å². The van der Waals surface area contributed by atoms with Crippen LogP contribution in [0.2, 0.25) is 0 Å². The average molecular weight is 369 g/mol. The first kappa shape index (κ1) is 17.9. The number of aromatic nitrogens is 2. The molecule has 7 heteroatoms. The molecule has 3 aromatic rings. The molecule has 0 radical (unpaired) electrons. The molecule has 0 spiro atoms. The maximum atomic E-state index is 13.4. The van der Waals surface area contributed by atoms with Crippen LogP contribution in [0.1, 0.15) is 0 Å². The van der Waals surface area contributed by atoms with Crippen LogP contribution >= 0.6 is 11.8 Å². The van der Waals surface area contributed by atoms with Gasteiger partial charge in [0.2, 0.25) is 5.91 Å². The van der Waals surface area contributed by atoms with Gasteiger partial charge in [0.25, 0.3) is 5.56 Å². The first-order valence-corrected chi connectivity index (χ1v) is 8.84. The smallest absolute Gasteiger partial charge is 0.261 e. The van der Waals surface area contributed by atoms with Gasteiger partial charge >= 0.3 is 0 Å². The fourth-order valence-corrected chi connectivity index (χ4v) is 3.18. The number of halogens is 1. The van der Waals surface area contributed by atoms with Crippen molar-refractivity contribution in [2.24, 2.45) is 0 Å². The molecule has 1 amide bonds. The quantitative estimate of drug-likeness (QED) is 0.534. The maximum Gasteiger partial charge on any atom is 0.261 e. The molecule has 0 bridgehead atoms. The lowest BCUT2D eigenvalue weighted by Crippen LogP contribution is -2.28. The van der Waals surface area contributed by atoms with Crippen molar-refractivity contribution in [3.63, 3.8) is 0 Å². The number of hydrogen-bond acceptors (Lipinski definition) is 4. The summed E-state index contributed by atoms with van der Waals surface area (Å²) in [6.45, 7) is 3.47. The molecule has 1 N–H and O–H groups in total. The van der Waals surface area contributed by atoms with Crippen LogP contribution < -0.4 is 10.9 Å². The molecular weight excluding hydrogens is 353 g/mol. The standard InChI is InChI=1S/C19H16FN3O2S/c1-2-9-26-17-6-4-3-5-16(17)22-18(24)11-23-12-21-15-8-7-13(20)10-14(15)19(23)25/h2-8,10,12H,1,9,11H2,(H,22,24). The topological polar surface area (TPSA) is 64.0 Å². The predicted molar refractivity (Wildman–Crippen MR) is 102 cm³/mol. The summed E-state index contributed by atoms with van der Waals surface area (Å²) in [5.74, 6) is -0.171. The van der Waals surface area contributed by atoms with Gasteiger partial charge in [-0.2, -0.15) is 0 Å². The molecule has 3 rings (SSSR count). The first-order chi connectivity index (χ1) is 12.6. The molecule has 132 valence electrons. The molecule has 5 nitrogen and oxygen atoms in total. The van der Waals surface area contributed by atoms with Crippen LogP contribution in [0.25, 0.3) is 10.9 Å². The van der Waals surface area contributed by atoms with Crippen LogP contribution in [-0.4, -0.2) is 21.2 Å². The molecule has 0 aliphatic heterocycles. The number of benzene rings is 2. The number of carbonyl (C=O) groups excluding carboxylic acids is 1. The average Bonchev–Trinajstić information content (AvgIpc) is 2.64. The minimum Gasteiger partial charge on any atom is -0.324 e. The van der Waals surface area contributed by atoms with Crippen molar-refractivity contribution in [1.29, 1.82) is 0 Å². The van der Waals surface area contributed by atoms with E-state index in [1.54, 1.807) is 23.9 Å². The van der Waals surface area contributed by atoms with Crippen molar-refractivity contribution < 1.29 is 9.18 Å². The Morgan fingerprint density at radius 1 is 1.31 bits per heavy atom. The van der Waals surface area contributed by atoms with E-state index < -0.39 is 11.4 Å². The fraction of sp³-hybridized carbons (Fsp3) is 0.105. The van der Waals surface area contributed by atoms with Crippen molar-refractivity contribution >= 4 is 34.3 Å². The molecule has 0 saturated heterocycles. The zero-order chi connectivity index (χ0) is 18.5. The molecule has 0 atom stereocenters. The van der Waals surface area contributed by atoms with E-state index in [0.29, 0.717) is 17.0 Å². The number of nitrogens with zero attached hydrogens (tertiary/aromatic N) is 2. The molecular formula is C19H16FN3O2S. The van der Waals surface area contributed by atoms with Gasteiger partial charge in [-0.1, -0.05) is 18.2 Å². The molecule has 1 aromatic heterocycles. The van der Waals surface area contributed by atoms with E-state index in [2.05, 4.69) is 16.9 Å². The Balaban J connectivity index is 1.81. The highest BCUT2D eigenvalue weighted by molar-refractivity contribution is 7.99. The third-order valence-corrected chi connectivity index (χ3v) is 4.69. The Kier molecular flexibility index (Phi) is 5.48. The van der Waals surface area contributed by atoms with Crippen LogP contribution in [0, 0.1) is 5.82 Å². The second kappa shape index (κ2) is 7.97. The number of hydrogen-bond donors (Lipinski definition) is 1. The number of nitrogens with one attached hydrogen (secondary N) is 1. The summed E-state index contributed by atoms with van der Waals surface area (Å²) in [5, 5.41) is 2.94. The number of para-hydroxylation sites is 1. The van der Waals surface area contributed by atoms with E-state index in [1.807, 2.05) is 18.2 Å². The second-order valence-corrected chi connectivity index (χ2v) is 6.54. The van der Waals surface area contributed by atoms with Crippen molar-refractivity contribution in [2.45, 2.75) is 11.4 Å². The van der Waals surface area contributed by atoms with Gasteiger partial charge in [-0.15, -0.1) is 18.3 Å². The number of rotatable bonds is 6. The third kappa shape index (κ3) is 4.00. The zero-order valence-electron chi connectivity index (χ0n) is 13.8. The lowest BCUT2D eigenvalue weighted by Gasteiger charge is -2.11. The van der Waals surface area contributed by atoms with Crippen molar-refractivity contribution in [3.05, 3.63) is 77.6 Å². The van der Waals surface area contributed by atoms with Crippen molar-refractivity contribution in [3.8, 4) is 0 Å². The molecule has 0 aliphatic carbocycles. The summed E-state index contributed by atoms with van der Waals surface area (Å²) in [6, 6.07) is 11.2. The number of fused-ring (bicyclic) bond motifs is 1. The second-order valence-electron chi connectivity index (χ2n) is 5.48. The Morgan fingerprint density at radius 3 is 2.92 bits per heavy atom. The van der Waals surface area contributed by atoms with E-state index in [-0.39, 0.29) is 17.8 Å². The summed E-state index contributed by atoms with van der Waals surface area (Å²) in [5.41, 5.74) is 0.593. The van der Waals surface area contributed by atoms with Crippen LogP contribution in [0.3, 0.4) is 0 Å². The summed E-state index contributed by atoms with van der Waals surface area (Å²) in [6.07, 6.45) is 3.07. The predicted octanol–water partition coefficient (Wildman–Crippen LogP) is 3.45. The Hall–Kier alpha value is -2.93. The van der Waals surface area contributed by atoms with Crippen LogP contribution in [0.15, 0.2) is 71.1 Å². The van der Waals surface area contributed by atoms with Gasteiger partial charge in [0.05, 0.1) is 22.9 Å². The monoisotopic (exact) mass is 369 g/mol. The molecule has 0 aliphatic rings. The third-order valence-electron chi connectivity index (χ3n) is 3.62. The fourth-order valence-electron chi connectivity index (χ4n) is 2.43. The van der Waals surface area contributed by atoms with Crippen LogP contribution in [0.4, 0.5) is 10.1 Å². The molecule has 1 heterocycles. The Bertz CT molecular complexity index is 1030. The van der Waals surface area contributed by atoms with Gasteiger partial charge < -0.3 is 5.32 Å². The van der Waals surface area contributed by atoms with Gasteiger partial charge in [-0.25, -0.2) is 9.37 Å². The summed E-state index contributed by atoms with van der Waals surface area (Å²) in [7, 11) is 0. The highest BCUT2D eigenvalue weighted by Gasteiger charge is 2.11.